The minimum Gasteiger partial charge on any atom is -0.310 e. The van der Waals surface area contributed by atoms with Crippen LogP contribution in [0, 0.1) is 0 Å². The number of nitrogens with zero attached hydrogens (tertiary/aromatic N) is 1. The minimum absolute atomic E-state index is 0.646. The van der Waals surface area contributed by atoms with E-state index in [9.17, 15) is 0 Å². The van der Waals surface area contributed by atoms with Crippen LogP contribution in [-0.4, -0.2) is 0 Å². The number of thiophene rings is 1. The van der Waals surface area contributed by atoms with E-state index >= 15 is 0 Å². The molecule has 1 spiro atoms. The van der Waals surface area contributed by atoms with Gasteiger partial charge in [-0.1, -0.05) is 182 Å². The van der Waals surface area contributed by atoms with Crippen LogP contribution in [0.4, 0.5) is 17.1 Å². The van der Waals surface area contributed by atoms with Crippen LogP contribution in [0.5, 0.6) is 0 Å². The van der Waals surface area contributed by atoms with Gasteiger partial charge in [0.1, 0.15) is 0 Å². The van der Waals surface area contributed by atoms with Gasteiger partial charge in [-0.3, -0.25) is 0 Å². The summed E-state index contributed by atoms with van der Waals surface area (Å²) >= 11 is 1.87. The number of fused-ring (bicyclic) bond motifs is 12. The average Bonchev–Trinajstić information content (AvgIpc) is 3.72. The first kappa shape index (κ1) is 34.9. The van der Waals surface area contributed by atoms with Crippen molar-refractivity contribution in [2.75, 3.05) is 4.90 Å². The number of rotatable bonds is 4. The molecule has 0 saturated heterocycles. The van der Waals surface area contributed by atoms with Gasteiger partial charge in [0.05, 0.1) is 11.1 Å². The second kappa shape index (κ2) is 13.1. The number of benzene rings is 11. The van der Waals surface area contributed by atoms with Crippen molar-refractivity contribution in [1.82, 2.24) is 0 Å². The molecule has 0 amide bonds. The lowest BCUT2D eigenvalue weighted by atomic mass is 9.55. The van der Waals surface area contributed by atoms with Gasteiger partial charge in [-0.2, -0.15) is 0 Å². The maximum Gasteiger partial charge on any atom is 0.0726 e. The van der Waals surface area contributed by atoms with E-state index in [0.717, 1.165) is 17.1 Å². The van der Waals surface area contributed by atoms with Crippen molar-refractivity contribution in [3.63, 3.8) is 0 Å². The molecule has 2 aliphatic rings. The molecule has 0 radical (unpaired) electrons. The maximum atomic E-state index is 2.55. The Labute approximate surface area is 369 Å². The highest BCUT2D eigenvalue weighted by Crippen LogP contribution is 2.62. The third-order valence-corrected chi connectivity index (χ3v) is 15.2. The lowest BCUT2D eigenvalue weighted by Gasteiger charge is -2.46. The number of anilines is 3. The van der Waals surface area contributed by atoms with Gasteiger partial charge < -0.3 is 4.90 Å². The van der Waals surface area contributed by atoms with Crippen LogP contribution in [0.1, 0.15) is 22.3 Å². The van der Waals surface area contributed by atoms with Crippen molar-refractivity contribution in [2.45, 2.75) is 5.41 Å². The first-order valence-corrected chi connectivity index (χ1v) is 22.6. The first-order chi connectivity index (χ1) is 31.2. The van der Waals surface area contributed by atoms with Crippen LogP contribution < -0.4 is 4.90 Å². The fourth-order valence-corrected chi connectivity index (χ4v) is 12.6. The van der Waals surface area contributed by atoms with E-state index in [1.165, 1.54) is 108 Å². The molecule has 1 atom stereocenters. The third kappa shape index (κ3) is 4.82. The van der Waals surface area contributed by atoms with Gasteiger partial charge in [0.15, 0.2) is 0 Å². The summed E-state index contributed by atoms with van der Waals surface area (Å²) in [6.07, 6.45) is 0. The lowest BCUT2D eigenvalue weighted by molar-refractivity contribution is 0.755. The van der Waals surface area contributed by atoms with E-state index in [1.54, 1.807) is 0 Å². The van der Waals surface area contributed by atoms with E-state index in [-0.39, 0.29) is 0 Å². The van der Waals surface area contributed by atoms with Crippen molar-refractivity contribution < 1.29 is 0 Å². The molecule has 2 heteroatoms. The maximum absolute atomic E-state index is 2.55. The summed E-state index contributed by atoms with van der Waals surface area (Å²) in [4.78, 5) is 2.51. The highest BCUT2D eigenvalue weighted by Gasteiger charge is 2.49. The van der Waals surface area contributed by atoms with E-state index < -0.39 is 5.41 Å². The first-order valence-electron chi connectivity index (χ1n) is 21.8. The zero-order valence-corrected chi connectivity index (χ0v) is 35.0. The fraction of sp³-hybridized carbons (Fsp3) is 0.0164. The molecule has 1 nitrogen and oxygen atoms in total. The topological polar surface area (TPSA) is 3.24 Å². The normalized spacial score (nSPS) is 14.7. The molecule has 1 aromatic heterocycles. The minimum atomic E-state index is -0.646. The van der Waals surface area contributed by atoms with Gasteiger partial charge in [-0.05, 0) is 125 Å². The third-order valence-electron chi connectivity index (χ3n) is 14.0. The van der Waals surface area contributed by atoms with Gasteiger partial charge in [0.25, 0.3) is 0 Å². The Bertz CT molecular complexity index is 3850. The highest BCUT2D eigenvalue weighted by molar-refractivity contribution is 7.25. The quantitative estimate of drug-likeness (QED) is 0.171. The predicted molar refractivity (Wildman–Crippen MR) is 268 cm³/mol. The summed E-state index contributed by atoms with van der Waals surface area (Å²) in [6, 6.07) is 84.6. The summed E-state index contributed by atoms with van der Waals surface area (Å²) < 4.78 is 2.59. The molecule has 1 heterocycles. The fourth-order valence-electron chi connectivity index (χ4n) is 11.4. The molecule has 2 aliphatic carbocycles. The van der Waals surface area contributed by atoms with Gasteiger partial charge in [0, 0.05) is 36.9 Å². The Morgan fingerprint density at radius 3 is 1.63 bits per heavy atom. The van der Waals surface area contributed by atoms with Gasteiger partial charge in [-0.25, -0.2) is 0 Å². The molecular formula is C61H37NS. The van der Waals surface area contributed by atoms with Gasteiger partial charge >= 0.3 is 0 Å². The van der Waals surface area contributed by atoms with Crippen molar-refractivity contribution in [3.05, 3.63) is 247 Å². The average molecular weight is 816 g/mol. The van der Waals surface area contributed by atoms with E-state index in [0.29, 0.717) is 0 Å². The van der Waals surface area contributed by atoms with Gasteiger partial charge in [-0.15, -0.1) is 11.3 Å². The Balaban J connectivity index is 1.13. The predicted octanol–water partition coefficient (Wildman–Crippen LogP) is 17.0. The summed E-state index contributed by atoms with van der Waals surface area (Å²) in [6.45, 7) is 0. The van der Waals surface area contributed by atoms with Crippen LogP contribution in [-0.2, 0) is 5.41 Å². The Morgan fingerprint density at radius 1 is 0.317 bits per heavy atom. The summed E-state index contributed by atoms with van der Waals surface area (Å²) in [5, 5.41) is 10.2. The van der Waals surface area contributed by atoms with E-state index in [4.69, 9.17) is 0 Å². The molecule has 0 bridgehead atoms. The number of hydrogen-bond acceptors (Lipinski definition) is 2. The second-order valence-electron chi connectivity index (χ2n) is 17.1. The summed E-state index contributed by atoms with van der Waals surface area (Å²) in [7, 11) is 0. The summed E-state index contributed by atoms with van der Waals surface area (Å²) in [5.74, 6) is 0. The van der Waals surface area contributed by atoms with Crippen LogP contribution in [0.25, 0.3) is 85.9 Å². The van der Waals surface area contributed by atoms with Crippen LogP contribution in [0.3, 0.4) is 0 Å². The van der Waals surface area contributed by atoms with Crippen LogP contribution in [0.15, 0.2) is 224 Å². The molecular weight excluding hydrogens is 779 g/mol. The molecule has 0 fully saturated rings. The van der Waals surface area contributed by atoms with E-state index in [2.05, 4.69) is 229 Å². The molecule has 0 N–H and O–H groups in total. The molecule has 12 aromatic rings. The molecule has 14 rings (SSSR count). The molecule has 0 saturated carbocycles. The van der Waals surface area contributed by atoms with Crippen molar-refractivity contribution in [2.24, 2.45) is 0 Å². The van der Waals surface area contributed by atoms with Crippen molar-refractivity contribution in [1.29, 1.82) is 0 Å². The Hall–Kier alpha value is -7.78. The SMILES string of the molecule is c1ccc(-c2ccc3c(c2)C2(c4cc(N(c5ccc6c(c5)sc5ccccc56)c5cccc6ccccc56)ccc4-c4cccc5cccc2c45)c2cccc4cccc-3c24)cc1. The smallest absolute Gasteiger partial charge is 0.0726 e. The molecule has 63 heavy (non-hydrogen) atoms. The summed E-state index contributed by atoms with van der Waals surface area (Å²) in [5.41, 5.74) is 15.6. The highest BCUT2D eigenvalue weighted by atomic mass is 32.1. The van der Waals surface area contributed by atoms with Gasteiger partial charge in [0.2, 0.25) is 0 Å². The van der Waals surface area contributed by atoms with Crippen LogP contribution >= 0.6 is 11.3 Å². The molecule has 0 aliphatic heterocycles. The lowest BCUT2D eigenvalue weighted by Crippen LogP contribution is -2.36. The molecule has 1 unspecified atom stereocenters. The monoisotopic (exact) mass is 815 g/mol. The second-order valence-corrected chi connectivity index (χ2v) is 18.2. The standard InChI is InChI=1S/C61H37NS/c1-2-13-38(14-3-1)42-29-32-46-50-23-8-17-40-19-10-25-52(59(40)50)61(54(46)35-42)53-26-11-20-41-18-9-24-51(60(41)53)47-33-30-43(36-55(47)61)62(56-27-12-16-39-15-4-5-21-45(39)56)44-31-34-49-48-22-6-7-28-57(48)63-58(49)37-44/h1-37H. The van der Waals surface area contributed by atoms with Crippen molar-refractivity contribution in [3.8, 4) is 33.4 Å². The molecule has 11 aromatic carbocycles. The van der Waals surface area contributed by atoms with Crippen LogP contribution in [0.2, 0.25) is 0 Å². The van der Waals surface area contributed by atoms with Crippen molar-refractivity contribution >= 4 is 80.9 Å². The number of hydrogen-bond donors (Lipinski definition) is 0. The Morgan fingerprint density at radius 2 is 0.873 bits per heavy atom. The zero-order valence-electron chi connectivity index (χ0n) is 34.2. The Kier molecular flexibility index (Phi) is 7.26. The largest absolute Gasteiger partial charge is 0.310 e. The van der Waals surface area contributed by atoms with E-state index in [1.807, 2.05) is 11.3 Å². The zero-order chi connectivity index (χ0) is 41.2. The molecule has 292 valence electrons.